The third-order valence-corrected chi connectivity index (χ3v) is 4.67. The van der Waals surface area contributed by atoms with Crippen molar-refractivity contribution in [3.63, 3.8) is 0 Å². The van der Waals surface area contributed by atoms with Gasteiger partial charge in [0.2, 0.25) is 0 Å². The fourth-order valence-corrected chi connectivity index (χ4v) is 3.46. The van der Waals surface area contributed by atoms with E-state index < -0.39 is 0 Å². The fourth-order valence-electron chi connectivity index (χ4n) is 3.46. The van der Waals surface area contributed by atoms with E-state index in [1.165, 1.54) is 29.5 Å². The predicted octanol–water partition coefficient (Wildman–Crippen LogP) is 4.61. The molecule has 1 aliphatic rings. The van der Waals surface area contributed by atoms with Gasteiger partial charge >= 0.3 is 0 Å². The fraction of sp³-hybridized carbons (Fsp3) is 0.400. The van der Waals surface area contributed by atoms with E-state index in [-0.39, 0.29) is 6.23 Å². The molecule has 2 atom stereocenters. The summed E-state index contributed by atoms with van der Waals surface area (Å²) in [5.41, 5.74) is 3.84. The highest BCUT2D eigenvalue weighted by molar-refractivity contribution is 5.64. The van der Waals surface area contributed by atoms with Crippen LogP contribution in [-0.2, 0) is 0 Å². The second-order valence-electron chi connectivity index (χ2n) is 6.13. The monoisotopic (exact) mass is 295 g/mol. The van der Waals surface area contributed by atoms with E-state index in [9.17, 15) is 5.11 Å². The van der Waals surface area contributed by atoms with Crippen molar-refractivity contribution in [2.45, 2.75) is 44.9 Å². The Kier molecular flexibility index (Phi) is 4.91. The molecule has 2 heteroatoms. The second kappa shape index (κ2) is 7.08. The van der Waals surface area contributed by atoms with Gasteiger partial charge in [-0.05, 0) is 42.0 Å². The summed E-state index contributed by atoms with van der Waals surface area (Å²) in [7, 11) is 0. The van der Waals surface area contributed by atoms with E-state index in [0.29, 0.717) is 6.04 Å². The molecule has 3 rings (SSSR count). The van der Waals surface area contributed by atoms with Crippen LogP contribution in [0.1, 0.15) is 44.2 Å². The molecule has 0 bridgehead atoms. The normalized spacial score (nSPS) is 20.7. The maximum absolute atomic E-state index is 10.3. The van der Waals surface area contributed by atoms with Crippen LogP contribution in [0.4, 0.5) is 0 Å². The first-order valence-corrected chi connectivity index (χ1v) is 8.39. The van der Waals surface area contributed by atoms with E-state index in [2.05, 4.69) is 60.4 Å². The SMILES string of the molecule is CCC(O)N1CCCCC1c1cccc(-c2ccccc2)c1. The summed E-state index contributed by atoms with van der Waals surface area (Å²) in [6.07, 6.45) is 4.02. The Morgan fingerprint density at radius 3 is 2.59 bits per heavy atom. The number of benzene rings is 2. The Bertz CT molecular complexity index is 596. The molecule has 2 unspecified atom stereocenters. The topological polar surface area (TPSA) is 23.5 Å². The van der Waals surface area contributed by atoms with Gasteiger partial charge in [0.15, 0.2) is 0 Å². The third kappa shape index (κ3) is 3.23. The van der Waals surface area contributed by atoms with Gasteiger partial charge in [-0.25, -0.2) is 0 Å². The Hall–Kier alpha value is -1.64. The zero-order valence-electron chi connectivity index (χ0n) is 13.3. The first kappa shape index (κ1) is 15.3. The number of aliphatic hydroxyl groups excluding tert-OH is 1. The number of hydrogen-bond donors (Lipinski definition) is 1. The number of likely N-dealkylation sites (tertiary alicyclic amines) is 1. The lowest BCUT2D eigenvalue weighted by Gasteiger charge is -2.39. The van der Waals surface area contributed by atoms with Crippen molar-refractivity contribution in [2.75, 3.05) is 6.54 Å². The van der Waals surface area contributed by atoms with Crippen LogP contribution < -0.4 is 0 Å². The first-order chi connectivity index (χ1) is 10.8. The zero-order chi connectivity index (χ0) is 15.4. The smallest absolute Gasteiger partial charge is 0.107 e. The van der Waals surface area contributed by atoms with Crippen LogP contribution >= 0.6 is 0 Å². The molecule has 1 aliphatic heterocycles. The molecule has 1 fully saturated rings. The van der Waals surface area contributed by atoms with Gasteiger partial charge in [-0.15, -0.1) is 0 Å². The van der Waals surface area contributed by atoms with Crippen LogP contribution in [0.2, 0.25) is 0 Å². The van der Waals surface area contributed by atoms with Crippen LogP contribution in [0.15, 0.2) is 54.6 Å². The van der Waals surface area contributed by atoms with Crippen LogP contribution in [0.3, 0.4) is 0 Å². The van der Waals surface area contributed by atoms with E-state index in [1.807, 2.05) is 6.07 Å². The number of piperidine rings is 1. The van der Waals surface area contributed by atoms with Crippen molar-refractivity contribution in [3.8, 4) is 11.1 Å². The molecule has 0 spiro atoms. The molecule has 1 heterocycles. The Morgan fingerprint density at radius 2 is 1.82 bits per heavy atom. The van der Waals surface area contributed by atoms with E-state index in [4.69, 9.17) is 0 Å². The van der Waals surface area contributed by atoms with Gasteiger partial charge in [0, 0.05) is 12.6 Å². The quantitative estimate of drug-likeness (QED) is 0.890. The lowest BCUT2D eigenvalue weighted by Crippen LogP contribution is -2.41. The number of nitrogens with zero attached hydrogens (tertiary/aromatic N) is 1. The zero-order valence-corrected chi connectivity index (χ0v) is 13.3. The summed E-state index contributed by atoms with van der Waals surface area (Å²) in [4.78, 5) is 2.27. The predicted molar refractivity (Wildman–Crippen MR) is 91.5 cm³/mol. The highest BCUT2D eigenvalue weighted by atomic mass is 16.3. The highest BCUT2D eigenvalue weighted by Gasteiger charge is 2.28. The van der Waals surface area contributed by atoms with E-state index >= 15 is 0 Å². The van der Waals surface area contributed by atoms with Gasteiger partial charge in [0.05, 0.1) is 0 Å². The number of hydrogen-bond acceptors (Lipinski definition) is 2. The molecule has 0 amide bonds. The average Bonchev–Trinajstić information content (AvgIpc) is 2.62. The Labute approximate surface area is 133 Å². The Morgan fingerprint density at radius 1 is 1.05 bits per heavy atom. The van der Waals surface area contributed by atoms with Crippen LogP contribution in [-0.4, -0.2) is 22.8 Å². The van der Waals surface area contributed by atoms with Crippen LogP contribution in [0.25, 0.3) is 11.1 Å². The minimum absolute atomic E-state index is 0.328. The van der Waals surface area contributed by atoms with Gasteiger partial charge in [-0.1, -0.05) is 61.9 Å². The molecule has 116 valence electrons. The van der Waals surface area contributed by atoms with Crippen molar-refractivity contribution >= 4 is 0 Å². The van der Waals surface area contributed by atoms with Gasteiger partial charge in [-0.2, -0.15) is 0 Å². The van der Waals surface area contributed by atoms with E-state index in [1.54, 1.807) is 0 Å². The lowest BCUT2D eigenvalue weighted by atomic mass is 9.92. The second-order valence-corrected chi connectivity index (χ2v) is 6.13. The van der Waals surface area contributed by atoms with Crippen molar-refractivity contribution in [3.05, 3.63) is 60.2 Å². The molecule has 2 aromatic rings. The number of aliphatic hydroxyl groups is 1. The van der Waals surface area contributed by atoms with Crippen molar-refractivity contribution in [2.24, 2.45) is 0 Å². The van der Waals surface area contributed by atoms with Crippen molar-refractivity contribution in [1.29, 1.82) is 0 Å². The average molecular weight is 295 g/mol. The minimum Gasteiger partial charge on any atom is -0.378 e. The summed E-state index contributed by atoms with van der Waals surface area (Å²) in [5.74, 6) is 0. The largest absolute Gasteiger partial charge is 0.378 e. The molecule has 0 radical (unpaired) electrons. The van der Waals surface area contributed by atoms with Crippen molar-refractivity contribution < 1.29 is 5.11 Å². The van der Waals surface area contributed by atoms with Crippen LogP contribution in [0.5, 0.6) is 0 Å². The van der Waals surface area contributed by atoms with Crippen LogP contribution in [0, 0.1) is 0 Å². The molecule has 2 aromatic carbocycles. The maximum Gasteiger partial charge on any atom is 0.107 e. The summed E-state index contributed by atoms with van der Waals surface area (Å²) in [6, 6.07) is 19.7. The third-order valence-electron chi connectivity index (χ3n) is 4.67. The molecule has 0 aliphatic carbocycles. The van der Waals surface area contributed by atoms with E-state index in [0.717, 1.165) is 19.4 Å². The molecule has 22 heavy (non-hydrogen) atoms. The molecular weight excluding hydrogens is 270 g/mol. The standard InChI is InChI=1S/C20H25NO/c1-2-20(22)21-14-7-6-13-19(21)18-12-8-11-17(15-18)16-9-4-3-5-10-16/h3-5,8-12,15,19-20,22H,2,6-7,13-14H2,1H3. The molecular formula is C20H25NO. The molecule has 0 saturated carbocycles. The Balaban J connectivity index is 1.90. The van der Waals surface area contributed by atoms with Crippen molar-refractivity contribution in [1.82, 2.24) is 4.90 Å². The summed E-state index contributed by atoms with van der Waals surface area (Å²) >= 11 is 0. The summed E-state index contributed by atoms with van der Waals surface area (Å²) in [5, 5.41) is 10.3. The molecule has 1 N–H and O–H groups in total. The molecule has 2 nitrogen and oxygen atoms in total. The summed E-state index contributed by atoms with van der Waals surface area (Å²) in [6.45, 7) is 3.05. The van der Waals surface area contributed by atoms with Gasteiger partial charge in [0.1, 0.15) is 6.23 Å². The van der Waals surface area contributed by atoms with Gasteiger partial charge in [0.25, 0.3) is 0 Å². The minimum atomic E-state index is -0.328. The van der Waals surface area contributed by atoms with Gasteiger partial charge < -0.3 is 5.11 Å². The summed E-state index contributed by atoms with van der Waals surface area (Å²) < 4.78 is 0. The molecule has 0 aromatic heterocycles. The lowest BCUT2D eigenvalue weighted by molar-refractivity contribution is -0.0435. The first-order valence-electron chi connectivity index (χ1n) is 8.39. The highest BCUT2D eigenvalue weighted by Crippen LogP contribution is 2.34. The molecule has 1 saturated heterocycles. The number of rotatable bonds is 4. The maximum atomic E-state index is 10.3. The van der Waals surface area contributed by atoms with Gasteiger partial charge in [-0.3, -0.25) is 4.90 Å².